The Kier molecular flexibility index (Phi) is 5.41. The Labute approximate surface area is 168 Å². The molecule has 1 saturated heterocycles. The molecule has 3 aromatic rings. The molecule has 0 radical (unpaired) electrons. The molecule has 0 atom stereocenters. The fourth-order valence-electron chi connectivity index (χ4n) is 3.36. The van der Waals surface area contributed by atoms with Crippen LogP contribution in [0.15, 0.2) is 47.3 Å². The fourth-order valence-corrected chi connectivity index (χ4v) is 3.66. The third-order valence-electron chi connectivity index (χ3n) is 4.91. The van der Waals surface area contributed by atoms with Crippen LogP contribution in [0.4, 0.5) is 11.4 Å². The molecule has 28 heavy (non-hydrogen) atoms. The number of hydrogen-bond acceptors (Lipinski definition) is 5. The highest BCUT2D eigenvalue weighted by Gasteiger charge is 2.14. The van der Waals surface area contributed by atoms with Gasteiger partial charge in [-0.3, -0.25) is 4.79 Å². The van der Waals surface area contributed by atoms with Gasteiger partial charge in [0.2, 0.25) is 0 Å². The predicted octanol–water partition coefficient (Wildman–Crippen LogP) is 3.64. The lowest BCUT2D eigenvalue weighted by Crippen LogP contribution is -2.36. The summed E-state index contributed by atoms with van der Waals surface area (Å²) in [5, 5.41) is 4.93. The van der Waals surface area contributed by atoms with Gasteiger partial charge in [0.1, 0.15) is 5.75 Å². The first-order valence-electron chi connectivity index (χ1n) is 9.20. The zero-order valence-electron chi connectivity index (χ0n) is 15.6. The average Bonchev–Trinajstić information content (AvgIpc) is 2.72. The van der Waals surface area contributed by atoms with E-state index in [1.807, 2.05) is 42.5 Å². The van der Waals surface area contributed by atoms with Crippen molar-refractivity contribution in [2.75, 3.05) is 43.6 Å². The molecule has 0 aliphatic carbocycles. The molecule has 6 nitrogen and oxygen atoms in total. The lowest BCUT2D eigenvalue weighted by Gasteiger charge is -2.29. The van der Waals surface area contributed by atoms with Crippen LogP contribution in [0, 0.1) is 0 Å². The summed E-state index contributed by atoms with van der Waals surface area (Å²) in [6.07, 6.45) is 0. The summed E-state index contributed by atoms with van der Waals surface area (Å²) in [4.78, 5) is 17.5. The molecule has 0 amide bonds. The van der Waals surface area contributed by atoms with Crippen LogP contribution in [0.5, 0.6) is 5.75 Å². The molecule has 1 fully saturated rings. The van der Waals surface area contributed by atoms with Crippen LogP contribution >= 0.6 is 11.6 Å². The van der Waals surface area contributed by atoms with Crippen molar-refractivity contribution in [2.45, 2.75) is 6.54 Å². The third-order valence-corrected chi connectivity index (χ3v) is 5.22. The average molecular weight is 400 g/mol. The monoisotopic (exact) mass is 399 g/mol. The highest BCUT2D eigenvalue weighted by atomic mass is 35.5. The number of hydrogen-bond donors (Lipinski definition) is 2. The van der Waals surface area contributed by atoms with Crippen molar-refractivity contribution in [1.29, 1.82) is 0 Å². The minimum atomic E-state index is -0.121. The lowest BCUT2D eigenvalue weighted by atomic mass is 10.1. The van der Waals surface area contributed by atoms with Gasteiger partial charge in [0.25, 0.3) is 5.56 Å². The van der Waals surface area contributed by atoms with Crippen molar-refractivity contribution in [3.63, 3.8) is 0 Å². The number of aromatic nitrogens is 1. The number of nitrogens with zero attached hydrogens (tertiary/aromatic N) is 1. The van der Waals surface area contributed by atoms with E-state index in [9.17, 15) is 4.79 Å². The first-order valence-corrected chi connectivity index (χ1v) is 9.58. The van der Waals surface area contributed by atoms with Crippen LogP contribution in [0.25, 0.3) is 10.9 Å². The summed E-state index contributed by atoms with van der Waals surface area (Å²) in [7, 11) is 1.60. The first-order chi connectivity index (χ1) is 13.6. The molecule has 1 aliphatic rings. The van der Waals surface area contributed by atoms with Crippen molar-refractivity contribution >= 4 is 33.9 Å². The molecule has 0 saturated carbocycles. The van der Waals surface area contributed by atoms with Gasteiger partial charge in [0.15, 0.2) is 0 Å². The second-order valence-electron chi connectivity index (χ2n) is 6.70. The number of pyridine rings is 1. The number of morpholine rings is 1. The Balaban J connectivity index is 1.50. The minimum absolute atomic E-state index is 0.121. The van der Waals surface area contributed by atoms with Gasteiger partial charge in [-0.2, -0.15) is 0 Å². The van der Waals surface area contributed by atoms with Crippen LogP contribution in [0.3, 0.4) is 0 Å². The van der Waals surface area contributed by atoms with E-state index in [4.69, 9.17) is 21.1 Å². The molecule has 1 aromatic heterocycles. The molecular formula is C21H22ClN3O3. The van der Waals surface area contributed by atoms with Gasteiger partial charge in [-0.05, 0) is 41.8 Å². The molecule has 0 unspecified atom stereocenters. The molecule has 4 rings (SSSR count). The second kappa shape index (κ2) is 8.12. The molecule has 2 aromatic carbocycles. The quantitative estimate of drug-likeness (QED) is 0.685. The Morgan fingerprint density at radius 1 is 1.18 bits per heavy atom. The van der Waals surface area contributed by atoms with Crippen molar-refractivity contribution < 1.29 is 9.47 Å². The number of rotatable bonds is 5. The van der Waals surface area contributed by atoms with E-state index in [0.717, 1.165) is 35.4 Å². The van der Waals surface area contributed by atoms with Gasteiger partial charge in [-0.1, -0.05) is 11.6 Å². The number of nitrogens with one attached hydrogen (secondary N) is 2. The van der Waals surface area contributed by atoms with Crippen molar-refractivity contribution in [3.05, 3.63) is 63.4 Å². The maximum Gasteiger partial charge on any atom is 0.253 e. The number of ether oxygens (including phenoxy) is 2. The number of anilines is 2. The summed E-state index contributed by atoms with van der Waals surface area (Å²) in [6, 6.07) is 13.4. The lowest BCUT2D eigenvalue weighted by molar-refractivity contribution is 0.122. The number of aromatic amines is 1. The summed E-state index contributed by atoms with van der Waals surface area (Å²) >= 11 is 6.48. The Morgan fingerprint density at radius 3 is 2.75 bits per heavy atom. The van der Waals surface area contributed by atoms with Crippen LogP contribution in [-0.2, 0) is 11.3 Å². The van der Waals surface area contributed by atoms with E-state index in [1.165, 1.54) is 0 Å². The number of fused-ring (bicyclic) bond motifs is 1. The third kappa shape index (κ3) is 3.93. The van der Waals surface area contributed by atoms with E-state index in [-0.39, 0.29) is 5.56 Å². The smallest absolute Gasteiger partial charge is 0.253 e. The maximum absolute atomic E-state index is 12.4. The molecule has 146 valence electrons. The van der Waals surface area contributed by atoms with Crippen LogP contribution in [0.2, 0.25) is 5.02 Å². The van der Waals surface area contributed by atoms with Crippen molar-refractivity contribution in [2.24, 2.45) is 0 Å². The van der Waals surface area contributed by atoms with E-state index in [0.29, 0.717) is 36.1 Å². The van der Waals surface area contributed by atoms with Crippen LogP contribution in [-0.4, -0.2) is 38.4 Å². The van der Waals surface area contributed by atoms with Crippen molar-refractivity contribution in [3.8, 4) is 5.75 Å². The topological polar surface area (TPSA) is 66.6 Å². The molecule has 1 aliphatic heterocycles. The zero-order valence-corrected chi connectivity index (χ0v) is 16.4. The van der Waals surface area contributed by atoms with E-state index >= 15 is 0 Å². The highest BCUT2D eigenvalue weighted by molar-refractivity contribution is 6.33. The Bertz CT molecular complexity index is 1040. The van der Waals surface area contributed by atoms with Crippen molar-refractivity contribution in [1.82, 2.24) is 4.98 Å². The van der Waals surface area contributed by atoms with E-state index < -0.39 is 0 Å². The van der Waals surface area contributed by atoms with Crippen LogP contribution < -0.4 is 20.5 Å². The summed E-state index contributed by atoms with van der Waals surface area (Å²) in [6.45, 7) is 3.51. The van der Waals surface area contributed by atoms with E-state index in [1.54, 1.807) is 7.11 Å². The molecule has 2 N–H and O–H groups in total. The fraction of sp³-hybridized carbons (Fsp3) is 0.286. The van der Waals surface area contributed by atoms with Gasteiger partial charge in [0.05, 0.1) is 36.6 Å². The summed E-state index contributed by atoms with van der Waals surface area (Å²) < 4.78 is 10.6. The van der Waals surface area contributed by atoms with Crippen LogP contribution in [0.1, 0.15) is 5.56 Å². The Hall–Kier alpha value is -2.70. The number of halogens is 1. The molecular weight excluding hydrogens is 378 g/mol. The normalized spacial score (nSPS) is 14.3. The van der Waals surface area contributed by atoms with Gasteiger partial charge in [0, 0.05) is 37.0 Å². The zero-order chi connectivity index (χ0) is 19.5. The van der Waals surface area contributed by atoms with Gasteiger partial charge in [-0.15, -0.1) is 0 Å². The van der Waals surface area contributed by atoms with Gasteiger partial charge < -0.3 is 24.7 Å². The minimum Gasteiger partial charge on any atom is -0.497 e. The first kappa shape index (κ1) is 18.7. The molecule has 0 spiro atoms. The van der Waals surface area contributed by atoms with Gasteiger partial charge in [-0.25, -0.2) is 0 Å². The highest BCUT2D eigenvalue weighted by Crippen LogP contribution is 2.29. The second-order valence-corrected chi connectivity index (χ2v) is 7.10. The summed E-state index contributed by atoms with van der Waals surface area (Å²) in [5.74, 6) is 0.712. The largest absolute Gasteiger partial charge is 0.497 e. The maximum atomic E-state index is 12.4. The number of H-pyrrole nitrogens is 1. The van der Waals surface area contributed by atoms with E-state index in [2.05, 4.69) is 15.2 Å². The SMILES string of the molecule is COc1ccc2cc(CNc3ccc(N4CCOCC4)c(Cl)c3)c(=O)[nH]c2c1. The number of methoxy groups -OCH3 is 1. The Morgan fingerprint density at radius 2 is 2.00 bits per heavy atom. The number of benzene rings is 2. The predicted molar refractivity (Wildman–Crippen MR) is 113 cm³/mol. The molecule has 7 heteroatoms. The molecule has 0 bridgehead atoms. The molecule has 2 heterocycles. The standard InChI is InChI=1S/C21H22ClN3O3/c1-27-17-4-2-14-10-15(21(26)24-19(14)12-17)13-23-16-3-5-20(18(22)11-16)25-6-8-28-9-7-25/h2-5,10-12,23H,6-9,13H2,1H3,(H,24,26). The van der Waals surface area contributed by atoms with Gasteiger partial charge >= 0.3 is 0 Å². The summed E-state index contributed by atoms with van der Waals surface area (Å²) in [5.41, 5.74) is 3.17.